The lowest BCUT2D eigenvalue weighted by atomic mass is 9.87. The van der Waals surface area contributed by atoms with Crippen LogP contribution >= 0.6 is 0 Å². The van der Waals surface area contributed by atoms with E-state index in [9.17, 15) is 0 Å². The molecule has 1 aromatic rings. The lowest BCUT2D eigenvalue weighted by Crippen LogP contribution is -2.23. The predicted molar refractivity (Wildman–Crippen MR) is 84.6 cm³/mol. The Morgan fingerprint density at radius 3 is 1.95 bits per heavy atom. The number of nitrogens with zero attached hydrogens (tertiary/aromatic N) is 2. The highest BCUT2D eigenvalue weighted by Crippen LogP contribution is 2.22. The summed E-state index contributed by atoms with van der Waals surface area (Å²) in [6, 6.07) is 9.07. The van der Waals surface area contributed by atoms with E-state index in [1.165, 1.54) is 17.5 Å². The minimum Gasteiger partial charge on any atom is -0.309 e. The van der Waals surface area contributed by atoms with E-state index < -0.39 is 0 Å². The van der Waals surface area contributed by atoms with Crippen molar-refractivity contribution in [3.63, 3.8) is 0 Å². The van der Waals surface area contributed by atoms with Gasteiger partial charge in [0.05, 0.1) is 0 Å². The first-order chi connectivity index (χ1) is 8.79. The maximum atomic E-state index is 2.40. The van der Waals surface area contributed by atoms with Crippen LogP contribution in [-0.2, 0) is 12.0 Å². The van der Waals surface area contributed by atoms with E-state index in [1.54, 1.807) is 0 Å². The number of hydrogen-bond acceptors (Lipinski definition) is 2. The summed E-state index contributed by atoms with van der Waals surface area (Å²) in [7, 11) is 6.46. The number of rotatable bonds is 6. The summed E-state index contributed by atoms with van der Waals surface area (Å²) in [5.41, 5.74) is 3.06. The van der Waals surface area contributed by atoms with Gasteiger partial charge < -0.3 is 9.80 Å². The van der Waals surface area contributed by atoms with Gasteiger partial charge in [-0.1, -0.05) is 45.0 Å². The van der Waals surface area contributed by atoms with Gasteiger partial charge in [-0.15, -0.1) is 0 Å². The second-order valence-electron chi connectivity index (χ2n) is 6.84. The molecule has 0 aliphatic carbocycles. The molecule has 2 heteroatoms. The Bertz CT molecular complexity index is 360. The van der Waals surface area contributed by atoms with E-state index in [2.05, 4.69) is 76.0 Å². The van der Waals surface area contributed by atoms with E-state index in [0.717, 1.165) is 19.6 Å². The molecule has 0 aromatic heterocycles. The van der Waals surface area contributed by atoms with Gasteiger partial charge >= 0.3 is 0 Å². The lowest BCUT2D eigenvalue weighted by Gasteiger charge is -2.21. The van der Waals surface area contributed by atoms with E-state index in [0.29, 0.717) is 0 Å². The maximum Gasteiger partial charge on any atom is 0.0230 e. The zero-order valence-corrected chi connectivity index (χ0v) is 13.5. The van der Waals surface area contributed by atoms with Gasteiger partial charge in [-0.2, -0.15) is 0 Å². The Labute approximate surface area is 119 Å². The standard InChI is InChI=1S/C17H30N2/c1-17(2,3)16-10-8-15(9-11-16)14-19(6)13-7-12-18(4)5/h8-11H,7,12-14H2,1-6H3. The lowest BCUT2D eigenvalue weighted by molar-refractivity contribution is 0.294. The second-order valence-corrected chi connectivity index (χ2v) is 6.84. The molecule has 0 radical (unpaired) electrons. The molecule has 0 bridgehead atoms. The van der Waals surface area contributed by atoms with Gasteiger partial charge in [0, 0.05) is 6.54 Å². The maximum absolute atomic E-state index is 2.40. The highest BCUT2D eigenvalue weighted by molar-refractivity contribution is 5.27. The Morgan fingerprint density at radius 2 is 1.47 bits per heavy atom. The highest BCUT2D eigenvalue weighted by Gasteiger charge is 2.12. The van der Waals surface area contributed by atoms with Crippen LogP contribution in [0.1, 0.15) is 38.3 Å². The molecule has 1 rings (SSSR count). The first kappa shape index (κ1) is 16.2. The van der Waals surface area contributed by atoms with Crippen LogP contribution in [0.25, 0.3) is 0 Å². The molecule has 0 saturated heterocycles. The molecule has 0 heterocycles. The van der Waals surface area contributed by atoms with Crippen molar-refractivity contribution in [2.24, 2.45) is 0 Å². The monoisotopic (exact) mass is 262 g/mol. The molecule has 0 spiro atoms. The minimum atomic E-state index is 0.246. The molecule has 1 aromatic carbocycles. The van der Waals surface area contributed by atoms with Crippen LogP contribution in [0.5, 0.6) is 0 Å². The summed E-state index contributed by atoms with van der Waals surface area (Å²) >= 11 is 0. The summed E-state index contributed by atoms with van der Waals surface area (Å²) in [6.45, 7) is 10.1. The molecular weight excluding hydrogens is 232 g/mol. The normalized spacial score (nSPS) is 12.4. The van der Waals surface area contributed by atoms with Gasteiger partial charge in [0.25, 0.3) is 0 Å². The third-order valence-corrected chi connectivity index (χ3v) is 3.42. The Hall–Kier alpha value is -0.860. The van der Waals surface area contributed by atoms with Crippen molar-refractivity contribution >= 4 is 0 Å². The van der Waals surface area contributed by atoms with Gasteiger partial charge in [0.1, 0.15) is 0 Å². The molecule has 0 fully saturated rings. The van der Waals surface area contributed by atoms with E-state index >= 15 is 0 Å². The molecule has 0 N–H and O–H groups in total. The van der Waals surface area contributed by atoms with Crippen molar-refractivity contribution < 1.29 is 0 Å². The van der Waals surface area contributed by atoms with Gasteiger partial charge in [-0.3, -0.25) is 0 Å². The average Bonchev–Trinajstić information content (AvgIpc) is 2.27. The van der Waals surface area contributed by atoms with E-state index in [4.69, 9.17) is 0 Å². The molecule has 108 valence electrons. The molecule has 0 unspecified atom stereocenters. The van der Waals surface area contributed by atoms with E-state index in [-0.39, 0.29) is 5.41 Å². The fourth-order valence-electron chi connectivity index (χ4n) is 2.16. The van der Waals surface area contributed by atoms with Gasteiger partial charge in [0.2, 0.25) is 0 Å². The molecule has 0 atom stereocenters. The minimum absolute atomic E-state index is 0.246. The van der Waals surface area contributed by atoms with Gasteiger partial charge in [-0.05, 0) is 57.2 Å². The second kappa shape index (κ2) is 7.06. The smallest absolute Gasteiger partial charge is 0.0230 e. The largest absolute Gasteiger partial charge is 0.309 e. The first-order valence-electron chi connectivity index (χ1n) is 7.22. The van der Waals surface area contributed by atoms with Crippen molar-refractivity contribution in [2.45, 2.75) is 39.2 Å². The Balaban J connectivity index is 2.44. The van der Waals surface area contributed by atoms with Crippen LogP contribution in [0.2, 0.25) is 0 Å². The van der Waals surface area contributed by atoms with Crippen LogP contribution in [0, 0.1) is 0 Å². The zero-order chi connectivity index (χ0) is 14.5. The van der Waals surface area contributed by atoms with Crippen LogP contribution in [0.15, 0.2) is 24.3 Å². The van der Waals surface area contributed by atoms with Crippen molar-refractivity contribution in [3.05, 3.63) is 35.4 Å². The van der Waals surface area contributed by atoms with Crippen LogP contribution in [0.4, 0.5) is 0 Å². The summed E-state index contributed by atoms with van der Waals surface area (Å²) in [5.74, 6) is 0. The fraction of sp³-hybridized carbons (Fsp3) is 0.647. The van der Waals surface area contributed by atoms with Crippen LogP contribution in [-0.4, -0.2) is 44.0 Å². The molecule has 0 amide bonds. The van der Waals surface area contributed by atoms with E-state index in [1.807, 2.05) is 0 Å². The SMILES string of the molecule is CN(C)CCCN(C)Cc1ccc(C(C)(C)C)cc1. The first-order valence-corrected chi connectivity index (χ1v) is 7.22. The summed E-state index contributed by atoms with van der Waals surface area (Å²) in [6.07, 6.45) is 1.23. The molecule has 0 saturated carbocycles. The topological polar surface area (TPSA) is 6.48 Å². The number of hydrogen-bond donors (Lipinski definition) is 0. The summed E-state index contributed by atoms with van der Waals surface area (Å²) in [4.78, 5) is 4.64. The molecule has 0 aliphatic heterocycles. The Morgan fingerprint density at radius 1 is 0.895 bits per heavy atom. The molecule has 2 nitrogen and oxygen atoms in total. The number of benzene rings is 1. The quantitative estimate of drug-likeness (QED) is 0.775. The van der Waals surface area contributed by atoms with Crippen molar-refractivity contribution in [3.8, 4) is 0 Å². The fourth-order valence-corrected chi connectivity index (χ4v) is 2.16. The predicted octanol–water partition coefficient (Wildman–Crippen LogP) is 3.37. The molecule has 0 aliphatic rings. The Kier molecular flexibility index (Phi) is 6.02. The van der Waals surface area contributed by atoms with Crippen LogP contribution in [0.3, 0.4) is 0 Å². The third kappa shape index (κ3) is 6.22. The summed E-state index contributed by atoms with van der Waals surface area (Å²) < 4.78 is 0. The van der Waals surface area contributed by atoms with Gasteiger partial charge in [0.15, 0.2) is 0 Å². The summed E-state index contributed by atoms with van der Waals surface area (Å²) in [5, 5.41) is 0. The average molecular weight is 262 g/mol. The van der Waals surface area contributed by atoms with Crippen LogP contribution < -0.4 is 0 Å². The van der Waals surface area contributed by atoms with Gasteiger partial charge in [-0.25, -0.2) is 0 Å². The van der Waals surface area contributed by atoms with Crippen molar-refractivity contribution in [1.82, 2.24) is 9.80 Å². The van der Waals surface area contributed by atoms with Crippen molar-refractivity contribution in [1.29, 1.82) is 0 Å². The highest BCUT2D eigenvalue weighted by atomic mass is 15.1. The molecule has 19 heavy (non-hydrogen) atoms. The van der Waals surface area contributed by atoms with Crippen molar-refractivity contribution in [2.75, 3.05) is 34.2 Å². The zero-order valence-electron chi connectivity index (χ0n) is 13.5. The molecular formula is C17H30N2. The third-order valence-electron chi connectivity index (χ3n) is 3.42.